The number of hydrogen-bond donors (Lipinski definition) is 3. The smallest absolute Gasteiger partial charge is 0.328 e. The Morgan fingerprint density at radius 1 is 1.33 bits per heavy atom. The number of hydrogen-bond acceptors (Lipinski definition) is 5. The molecule has 9 heteroatoms. The van der Waals surface area contributed by atoms with Crippen LogP contribution < -0.4 is 10.6 Å². The van der Waals surface area contributed by atoms with E-state index in [1.807, 2.05) is 0 Å². The molecule has 1 amide bonds. The first-order valence-electron chi connectivity index (χ1n) is 7.16. The number of carboxylic acids is 1. The van der Waals surface area contributed by atoms with Gasteiger partial charge in [-0.2, -0.15) is 0 Å². The Bertz CT molecular complexity index is 680. The molecule has 2 rings (SSSR count). The molecular formula is C15H16Cl2N2O5. The number of carboxylic acid groups (broad SMARTS) is 1. The van der Waals surface area contributed by atoms with Gasteiger partial charge in [0.25, 0.3) is 0 Å². The number of rotatable bonds is 5. The Balaban J connectivity index is 2.27. The van der Waals surface area contributed by atoms with Crippen LogP contribution in [0, 0.1) is 0 Å². The van der Waals surface area contributed by atoms with Crippen LogP contribution in [0.3, 0.4) is 0 Å². The van der Waals surface area contributed by atoms with Gasteiger partial charge in [-0.3, -0.25) is 9.59 Å². The molecule has 0 spiro atoms. The van der Waals surface area contributed by atoms with E-state index in [0.29, 0.717) is 21.3 Å². The molecule has 7 nitrogen and oxygen atoms in total. The van der Waals surface area contributed by atoms with E-state index in [2.05, 4.69) is 10.6 Å². The summed E-state index contributed by atoms with van der Waals surface area (Å²) < 4.78 is 4.74. The second-order valence-corrected chi connectivity index (χ2v) is 6.16. The normalized spacial score (nSPS) is 19.0. The molecule has 0 aromatic heterocycles. The summed E-state index contributed by atoms with van der Waals surface area (Å²) in [4.78, 5) is 34.4. The molecule has 0 bridgehead atoms. The minimum absolute atomic E-state index is 0.164. The Morgan fingerprint density at radius 2 is 2.04 bits per heavy atom. The number of anilines is 1. The topological polar surface area (TPSA) is 105 Å². The van der Waals surface area contributed by atoms with Crippen molar-refractivity contribution in [1.82, 2.24) is 5.32 Å². The van der Waals surface area contributed by atoms with Crippen molar-refractivity contribution in [3.8, 4) is 0 Å². The van der Waals surface area contributed by atoms with Crippen LogP contribution in [-0.2, 0) is 19.1 Å². The van der Waals surface area contributed by atoms with Crippen LogP contribution in [0.5, 0.6) is 0 Å². The maximum atomic E-state index is 12.0. The van der Waals surface area contributed by atoms with Gasteiger partial charge in [-0.25, -0.2) is 4.79 Å². The van der Waals surface area contributed by atoms with Crippen molar-refractivity contribution in [3.63, 3.8) is 0 Å². The predicted octanol–water partition coefficient (Wildman–Crippen LogP) is 2.37. The molecule has 2 atom stereocenters. The molecule has 1 aliphatic rings. The van der Waals surface area contributed by atoms with Gasteiger partial charge in [0.15, 0.2) is 0 Å². The van der Waals surface area contributed by atoms with Gasteiger partial charge in [0.2, 0.25) is 5.91 Å². The van der Waals surface area contributed by atoms with E-state index in [0.717, 1.165) is 0 Å². The number of esters is 1. The fourth-order valence-electron chi connectivity index (χ4n) is 2.57. The van der Waals surface area contributed by atoms with E-state index in [1.54, 1.807) is 12.1 Å². The maximum absolute atomic E-state index is 12.0. The van der Waals surface area contributed by atoms with Gasteiger partial charge in [-0.15, -0.1) is 0 Å². The van der Waals surface area contributed by atoms with Gasteiger partial charge in [0.1, 0.15) is 6.04 Å². The zero-order valence-electron chi connectivity index (χ0n) is 12.8. The standard InChI is InChI=1S/C15H16Cl2N2O5/c1-24-15(23)11-6-10(19-12(20)2-3-13(21)22)14-8(17)4-7(16)5-9(14)18-11/h4-5,10-11,18H,2-3,6H2,1H3,(H,19,20)(H,21,22). The van der Waals surface area contributed by atoms with Crippen molar-refractivity contribution in [2.45, 2.75) is 31.3 Å². The molecule has 1 aromatic rings. The molecule has 1 aliphatic heterocycles. The molecule has 1 heterocycles. The van der Waals surface area contributed by atoms with E-state index < -0.39 is 29.9 Å². The maximum Gasteiger partial charge on any atom is 0.328 e. The number of fused-ring (bicyclic) bond motifs is 1. The van der Waals surface area contributed by atoms with Gasteiger partial charge >= 0.3 is 11.9 Å². The minimum atomic E-state index is -1.06. The van der Waals surface area contributed by atoms with Crippen molar-refractivity contribution in [2.24, 2.45) is 0 Å². The van der Waals surface area contributed by atoms with Crippen LogP contribution in [0.4, 0.5) is 5.69 Å². The van der Waals surface area contributed by atoms with E-state index in [4.69, 9.17) is 33.0 Å². The second kappa shape index (κ2) is 7.72. The lowest BCUT2D eigenvalue weighted by molar-refractivity contribution is -0.142. The highest BCUT2D eigenvalue weighted by atomic mass is 35.5. The fourth-order valence-corrected chi connectivity index (χ4v) is 3.20. The Morgan fingerprint density at radius 3 is 2.67 bits per heavy atom. The molecule has 130 valence electrons. The number of aliphatic carboxylic acids is 1. The summed E-state index contributed by atoms with van der Waals surface area (Å²) in [6, 6.07) is 1.91. The van der Waals surface area contributed by atoms with Crippen LogP contribution in [0.2, 0.25) is 10.0 Å². The molecule has 24 heavy (non-hydrogen) atoms. The highest BCUT2D eigenvalue weighted by Crippen LogP contribution is 2.40. The summed E-state index contributed by atoms with van der Waals surface area (Å²) in [5.74, 6) is -1.99. The molecule has 3 N–H and O–H groups in total. The first-order chi connectivity index (χ1) is 11.3. The summed E-state index contributed by atoms with van der Waals surface area (Å²) in [7, 11) is 1.27. The predicted molar refractivity (Wildman–Crippen MR) is 88.3 cm³/mol. The third kappa shape index (κ3) is 4.30. The molecule has 0 fully saturated rings. The first kappa shape index (κ1) is 18.4. The fraction of sp³-hybridized carbons (Fsp3) is 0.400. The van der Waals surface area contributed by atoms with Crippen molar-refractivity contribution in [2.75, 3.05) is 12.4 Å². The Kier molecular flexibility index (Phi) is 5.90. The lowest BCUT2D eigenvalue weighted by Crippen LogP contribution is -2.41. The lowest BCUT2D eigenvalue weighted by atomic mass is 9.92. The average Bonchev–Trinajstić information content (AvgIpc) is 2.51. The monoisotopic (exact) mass is 374 g/mol. The molecule has 0 radical (unpaired) electrons. The average molecular weight is 375 g/mol. The zero-order chi connectivity index (χ0) is 17.9. The van der Waals surface area contributed by atoms with Gasteiger partial charge in [0.05, 0.1) is 19.6 Å². The van der Waals surface area contributed by atoms with Crippen molar-refractivity contribution in [1.29, 1.82) is 0 Å². The number of carbonyl (C=O) groups excluding carboxylic acids is 2. The summed E-state index contributed by atoms with van der Waals surface area (Å²) >= 11 is 12.2. The number of benzene rings is 1. The van der Waals surface area contributed by atoms with E-state index in [9.17, 15) is 14.4 Å². The zero-order valence-corrected chi connectivity index (χ0v) is 14.3. The summed E-state index contributed by atoms with van der Waals surface area (Å²) in [5.41, 5.74) is 1.13. The SMILES string of the molecule is COC(=O)C1CC(NC(=O)CCC(=O)O)c2c(Cl)cc(Cl)cc2N1. The van der Waals surface area contributed by atoms with E-state index >= 15 is 0 Å². The van der Waals surface area contributed by atoms with Crippen molar-refractivity contribution >= 4 is 46.7 Å². The quantitative estimate of drug-likeness (QED) is 0.683. The molecule has 0 saturated heterocycles. The molecule has 0 saturated carbocycles. The van der Waals surface area contributed by atoms with Crippen molar-refractivity contribution in [3.05, 3.63) is 27.7 Å². The van der Waals surface area contributed by atoms with Gasteiger partial charge in [-0.05, 0) is 12.1 Å². The Labute approximate surface area is 148 Å². The molecule has 0 aliphatic carbocycles. The first-order valence-corrected chi connectivity index (χ1v) is 7.92. The van der Waals surface area contributed by atoms with Crippen molar-refractivity contribution < 1.29 is 24.2 Å². The summed E-state index contributed by atoms with van der Waals surface area (Å²) in [5, 5.41) is 15.1. The number of carbonyl (C=O) groups is 3. The highest BCUT2D eigenvalue weighted by Gasteiger charge is 2.34. The second-order valence-electron chi connectivity index (χ2n) is 5.32. The molecule has 1 aromatic carbocycles. The van der Waals surface area contributed by atoms with E-state index in [-0.39, 0.29) is 19.3 Å². The number of amides is 1. The van der Waals surface area contributed by atoms with Crippen LogP contribution in [0.1, 0.15) is 30.9 Å². The summed E-state index contributed by atoms with van der Waals surface area (Å²) in [6.07, 6.45) is -0.221. The number of methoxy groups -OCH3 is 1. The lowest BCUT2D eigenvalue weighted by Gasteiger charge is -2.33. The van der Waals surface area contributed by atoms with Crippen LogP contribution in [0.15, 0.2) is 12.1 Å². The van der Waals surface area contributed by atoms with Crippen LogP contribution in [0.25, 0.3) is 0 Å². The molecule has 2 unspecified atom stereocenters. The third-order valence-electron chi connectivity index (χ3n) is 3.63. The molecular weight excluding hydrogens is 359 g/mol. The Hall–Kier alpha value is -1.99. The van der Waals surface area contributed by atoms with Crippen LogP contribution >= 0.6 is 23.2 Å². The van der Waals surface area contributed by atoms with E-state index in [1.165, 1.54) is 7.11 Å². The summed E-state index contributed by atoms with van der Waals surface area (Å²) in [6.45, 7) is 0. The third-order valence-corrected chi connectivity index (χ3v) is 4.16. The number of halogens is 2. The van der Waals surface area contributed by atoms with Crippen LogP contribution in [-0.4, -0.2) is 36.1 Å². The largest absolute Gasteiger partial charge is 0.481 e. The minimum Gasteiger partial charge on any atom is -0.481 e. The number of ether oxygens (including phenoxy) is 1. The van der Waals surface area contributed by atoms with Gasteiger partial charge < -0.3 is 20.5 Å². The number of nitrogens with one attached hydrogen (secondary N) is 2. The van der Waals surface area contributed by atoms with Gasteiger partial charge in [-0.1, -0.05) is 23.2 Å². The highest BCUT2D eigenvalue weighted by molar-refractivity contribution is 6.35. The van der Waals surface area contributed by atoms with Gasteiger partial charge in [0, 0.05) is 34.1 Å².